The first-order valence-corrected chi connectivity index (χ1v) is 24.0. The molecule has 0 aliphatic carbocycles. The van der Waals surface area contributed by atoms with Gasteiger partial charge in [0.2, 0.25) is 0 Å². The Morgan fingerprint density at radius 2 is 0.949 bits per heavy atom. The normalized spacial score (nSPS) is 18.9. The average Bonchev–Trinajstić information content (AvgIpc) is 4.02. The first kappa shape index (κ1) is 54.6. The second kappa shape index (κ2) is 20.6. The minimum atomic E-state index is -4.73. The predicted octanol–water partition coefficient (Wildman–Crippen LogP) is 7.08. The van der Waals surface area contributed by atoms with E-state index in [2.05, 4.69) is 30.1 Å². The standard InChI is InChI=1S/2C26H24F4N6O3/c2*1-14-18(24(38)35-8-2-7-25(39,12-35)22(37)15-3-5-17(27)6-4-15)9-16(11-32-14)20-10-19(26(28,29)30)21-23(31)33-13-34-36(20)21/h2*3-6,9-11,13,22,37,39H,2,7-8,12H2,1H3,(H2,31,33,34). The molecule has 2 saturated heterocycles. The molecule has 78 heavy (non-hydrogen) atoms. The predicted molar refractivity (Wildman–Crippen MR) is 264 cm³/mol. The molecule has 2 fully saturated rings. The molecule has 10 rings (SSSR count). The number of nitrogen functional groups attached to an aromatic ring is 2. The molecule has 6 aromatic heterocycles. The topological polar surface area (TPSA) is 260 Å². The Balaban J connectivity index is 0.000000190. The number of nitrogens with zero attached hydrogens (tertiary/aromatic N) is 10. The number of alkyl halides is 6. The van der Waals surface area contributed by atoms with Gasteiger partial charge >= 0.3 is 12.4 Å². The van der Waals surface area contributed by atoms with Gasteiger partial charge in [0, 0.05) is 36.6 Å². The Bertz CT molecular complexity index is 3350. The van der Waals surface area contributed by atoms with Gasteiger partial charge in [0.25, 0.3) is 11.8 Å². The van der Waals surface area contributed by atoms with E-state index in [0.717, 1.165) is 33.8 Å². The van der Waals surface area contributed by atoms with Crippen LogP contribution in [0.1, 0.15) is 92.2 Å². The lowest BCUT2D eigenvalue weighted by molar-refractivity contribution is -0.137. The van der Waals surface area contributed by atoms with Crippen LogP contribution in [0.4, 0.5) is 46.8 Å². The van der Waals surface area contributed by atoms with Gasteiger partial charge in [-0.1, -0.05) is 24.3 Å². The molecule has 8 aromatic rings. The number of hydrogen-bond donors (Lipinski definition) is 6. The lowest BCUT2D eigenvalue weighted by Gasteiger charge is -2.42. The average molecular weight is 1090 g/mol. The number of fused-ring (bicyclic) bond motifs is 2. The van der Waals surface area contributed by atoms with Gasteiger partial charge in [-0.25, -0.2) is 27.8 Å². The summed E-state index contributed by atoms with van der Waals surface area (Å²) in [5, 5.41) is 52.1. The second-order valence-electron chi connectivity index (χ2n) is 19.2. The largest absolute Gasteiger partial charge is 0.418 e. The molecule has 4 atom stereocenters. The van der Waals surface area contributed by atoms with Crippen LogP contribution in [0.25, 0.3) is 33.5 Å². The van der Waals surface area contributed by atoms with E-state index >= 15 is 0 Å². The number of pyridine rings is 2. The Hall–Kier alpha value is -8.20. The third-order valence-electron chi connectivity index (χ3n) is 14.0. The number of carbonyl (C=O) groups excluding carboxylic acids is 2. The molecular formula is C52H48F8N12O6. The summed E-state index contributed by atoms with van der Waals surface area (Å²) in [5.74, 6) is -2.73. The molecule has 0 spiro atoms. The van der Waals surface area contributed by atoms with Crippen LogP contribution in [-0.4, -0.2) is 119 Å². The first-order valence-electron chi connectivity index (χ1n) is 24.0. The maximum absolute atomic E-state index is 13.8. The molecule has 408 valence electrons. The van der Waals surface area contributed by atoms with E-state index in [1.807, 2.05) is 0 Å². The van der Waals surface area contributed by atoms with E-state index in [1.54, 1.807) is 13.8 Å². The molecule has 8 heterocycles. The highest BCUT2D eigenvalue weighted by molar-refractivity contribution is 5.97. The summed E-state index contributed by atoms with van der Waals surface area (Å²) >= 11 is 0. The van der Waals surface area contributed by atoms with Crippen LogP contribution in [0.2, 0.25) is 0 Å². The molecule has 2 aromatic carbocycles. The maximum atomic E-state index is 13.8. The highest BCUT2D eigenvalue weighted by Gasteiger charge is 2.45. The molecule has 0 bridgehead atoms. The second-order valence-corrected chi connectivity index (χ2v) is 19.2. The van der Waals surface area contributed by atoms with Crippen molar-refractivity contribution in [2.24, 2.45) is 0 Å². The number of nitrogens with two attached hydrogens (primary N) is 2. The van der Waals surface area contributed by atoms with Crippen LogP contribution in [0.5, 0.6) is 0 Å². The number of aromatic nitrogens is 8. The van der Waals surface area contributed by atoms with Crippen LogP contribution in [-0.2, 0) is 12.4 Å². The lowest BCUT2D eigenvalue weighted by atomic mass is 9.83. The van der Waals surface area contributed by atoms with E-state index in [0.29, 0.717) is 35.4 Å². The minimum Gasteiger partial charge on any atom is -0.385 e. The number of halogens is 8. The van der Waals surface area contributed by atoms with Gasteiger partial charge in [0.05, 0.1) is 58.1 Å². The molecule has 2 amide bonds. The van der Waals surface area contributed by atoms with E-state index in [4.69, 9.17) is 11.5 Å². The zero-order valence-electron chi connectivity index (χ0n) is 41.3. The highest BCUT2D eigenvalue weighted by atomic mass is 19.4. The molecule has 26 heteroatoms. The minimum absolute atomic E-state index is 0.00913. The monoisotopic (exact) mass is 1090 g/mol. The number of hydrogen-bond acceptors (Lipinski definition) is 14. The SMILES string of the molecule is Cc1ncc(-c2cc(C(F)(F)F)c3c(N)ncnn23)cc1C(=O)N1CCCC(O)(C(O)c2ccc(F)cc2)C1.Cc1ncc(-c2cc(C(F)(F)F)c3c(N)ncnn23)cc1C(=O)N1CCCC(O)(C(O)c2ccc(F)cc2)C1. The van der Waals surface area contributed by atoms with Crippen molar-refractivity contribution in [2.45, 2.75) is 75.3 Å². The molecule has 4 unspecified atom stereocenters. The van der Waals surface area contributed by atoms with Crippen molar-refractivity contribution in [2.75, 3.05) is 37.6 Å². The summed E-state index contributed by atoms with van der Waals surface area (Å²) in [7, 11) is 0. The Morgan fingerprint density at radius 1 is 0.590 bits per heavy atom. The molecule has 18 nitrogen and oxygen atoms in total. The quantitative estimate of drug-likeness (QED) is 0.0832. The first-order chi connectivity index (χ1) is 36.8. The van der Waals surface area contributed by atoms with Gasteiger partial charge in [0.15, 0.2) is 11.6 Å². The molecule has 8 N–H and O–H groups in total. The highest BCUT2D eigenvalue weighted by Crippen LogP contribution is 2.42. The summed E-state index contributed by atoms with van der Waals surface area (Å²) < 4.78 is 111. The fourth-order valence-corrected chi connectivity index (χ4v) is 9.93. The Morgan fingerprint density at radius 3 is 1.29 bits per heavy atom. The van der Waals surface area contributed by atoms with Gasteiger partial charge < -0.3 is 41.7 Å². The molecular weight excluding hydrogens is 1040 g/mol. The van der Waals surface area contributed by atoms with E-state index in [-0.39, 0.29) is 84.3 Å². The number of anilines is 2. The summed E-state index contributed by atoms with van der Waals surface area (Å²) in [6, 6.07) is 14.7. The van der Waals surface area contributed by atoms with Crippen LogP contribution < -0.4 is 11.5 Å². The molecule has 0 saturated carbocycles. The number of aryl methyl sites for hydroxylation is 2. The summed E-state index contributed by atoms with van der Waals surface area (Å²) in [6.45, 7) is 3.28. The van der Waals surface area contributed by atoms with Gasteiger partial charge in [-0.05, 0) is 99.2 Å². The van der Waals surface area contributed by atoms with Crippen molar-refractivity contribution < 1.29 is 65.1 Å². The number of likely N-dealkylation sites (tertiary alicyclic amines) is 2. The van der Waals surface area contributed by atoms with Crippen molar-refractivity contribution >= 4 is 34.5 Å². The summed E-state index contributed by atoms with van der Waals surface area (Å²) in [6.07, 6.45) is -6.35. The third-order valence-corrected chi connectivity index (χ3v) is 14.0. The van der Waals surface area contributed by atoms with Crippen LogP contribution in [0.3, 0.4) is 0 Å². The van der Waals surface area contributed by atoms with Crippen molar-refractivity contribution in [1.82, 2.24) is 49.0 Å². The number of benzene rings is 2. The summed E-state index contributed by atoms with van der Waals surface area (Å²) in [4.78, 5) is 45.7. The fraction of sp³-hybridized carbons (Fsp3) is 0.308. The summed E-state index contributed by atoms with van der Waals surface area (Å²) in [5.41, 5.74) is 7.05. The van der Waals surface area contributed by atoms with Crippen LogP contribution >= 0.6 is 0 Å². The zero-order chi connectivity index (χ0) is 56.2. The number of rotatable bonds is 8. The van der Waals surface area contributed by atoms with E-state index in [9.17, 15) is 65.1 Å². The van der Waals surface area contributed by atoms with Gasteiger partial charge in [-0.2, -0.15) is 36.5 Å². The van der Waals surface area contributed by atoms with Crippen molar-refractivity contribution in [3.63, 3.8) is 0 Å². The van der Waals surface area contributed by atoms with Crippen LogP contribution in [0.15, 0.2) is 97.8 Å². The van der Waals surface area contributed by atoms with Gasteiger partial charge in [-0.3, -0.25) is 19.6 Å². The Labute approximate surface area is 437 Å². The zero-order valence-corrected chi connectivity index (χ0v) is 41.3. The number of aliphatic hydroxyl groups excluding tert-OH is 2. The smallest absolute Gasteiger partial charge is 0.385 e. The number of amides is 2. The molecule has 2 aliphatic heterocycles. The van der Waals surface area contributed by atoms with Crippen molar-refractivity contribution in [1.29, 1.82) is 0 Å². The van der Waals surface area contributed by atoms with Crippen molar-refractivity contribution in [3.8, 4) is 22.5 Å². The van der Waals surface area contributed by atoms with E-state index < -0.39 is 81.4 Å². The van der Waals surface area contributed by atoms with Gasteiger partial charge in [-0.15, -0.1) is 0 Å². The Kier molecular flexibility index (Phi) is 14.4. The fourth-order valence-electron chi connectivity index (χ4n) is 9.93. The maximum Gasteiger partial charge on any atom is 0.418 e. The number of piperidine rings is 2. The molecule has 2 aliphatic rings. The van der Waals surface area contributed by atoms with E-state index in [1.165, 1.54) is 82.9 Å². The lowest BCUT2D eigenvalue weighted by Crippen LogP contribution is -2.53. The third kappa shape index (κ3) is 10.5. The number of aliphatic hydroxyl groups is 4. The number of β-amino-alcohol motifs (C(OH)–C–C–N with tert-alkyl or cyclic N) is 2. The van der Waals surface area contributed by atoms with Crippen LogP contribution in [0, 0.1) is 25.5 Å². The van der Waals surface area contributed by atoms with Crippen molar-refractivity contribution in [3.05, 3.63) is 154 Å². The van der Waals surface area contributed by atoms with Gasteiger partial charge in [0.1, 0.15) is 58.7 Å². The number of carbonyl (C=O) groups is 2. The molecule has 0 radical (unpaired) electrons.